The predicted molar refractivity (Wildman–Crippen MR) is 61.8 cm³/mol. The highest BCUT2D eigenvalue weighted by Gasteiger charge is 2.19. The lowest BCUT2D eigenvalue weighted by atomic mass is 10.2. The predicted octanol–water partition coefficient (Wildman–Crippen LogP) is 2.40. The second-order valence-electron chi connectivity index (χ2n) is 3.62. The van der Waals surface area contributed by atoms with E-state index in [1.54, 1.807) is 11.8 Å². The summed E-state index contributed by atoms with van der Waals surface area (Å²) in [6, 6.07) is 0.146. The molecule has 1 heterocycles. The molecule has 0 bridgehead atoms. The van der Waals surface area contributed by atoms with E-state index >= 15 is 0 Å². The van der Waals surface area contributed by atoms with Crippen molar-refractivity contribution in [3.05, 3.63) is 10.9 Å². The number of aryl methyl sites for hydroxylation is 1. The number of anilines is 2. The lowest BCUT2D eigenvalue weighted by Crippen LogP contribution is -2.34. The van der Waals surface area contributed by atoms with E-state index in [0.717, 1.165) is 16.3 Å². The van der Waals surface area contributed by atoms with Gasteiger partial charge in [-0.1, -0.05) is 0 Å². The Morgan fingerprint density at radius 1 is 1.57 bits per heavy atom. The van der Waals surface area contributed by atoms with Gasteiger partial charge >= 0.3 is 0 Å². The molecule has 0 aromatic carbocycles. The molecule has 1 amide bonds. The van der Waals surface area contributed by atoms with Crippen LogP contribution in [0.2, 0.25) is 0 Å². The second-order valence-corrected chi connectivity index (χ2v) is 4.48. The van der Waals surface area contributed by atoms with Crippen LogP contribution in [0.5, 0.6) is 0 Å². The van der Waals surface area contributed by atoms with Crippen molar-refractivity contribution < 1.29 is 4.79 Å². The van der Waals surface area contributed by atoms with Crippen LogP contribution >= 0.6 is 11.3 Å². The molecule has 0 aliphatic heterocycles. The van der Waals surface area contributed by atoms with Crippen molar-refractivity contribution in [1.82, 2.24) is 0 Å². The summed E-state index contributed by atoms with van der Waals surface area (Å²) in [5.41, 5.74) is 7.66. The molecule has 0 unspecified atom stereocenters. The van der Waals surface area contributed by atoms with E-state index in [4.69, 9.17) is 5.73 Å². The average Bonchev–Trinajstić information content (AvgIpc) is 2.35. The van der Waals surface area contributed by atoms with Gasteiger partial charge in [0.2, 0.25) is 5.91 Å². The molecule has 3 nitrogen and oxygen atoms in total. The maximum atomic E-state index is 11.4. The minimum absolute atomic E-state index is 0.0357. The van der Waals surface area contributed by atoms with E-state index in [-0.39, 0.29) is 11.9 Å². The maximum Gasteiger partial charge on any atom is 0.224 e. The number of carbonyl (C=O) groups is 1. The van der Waals surface area contributed by atoms with Gasteiger partial charge in [-0.05, 0) is 31.7 Å². The lowest BCUT2D eigenvalue weighted by molar-refractivity contribution is -0.116. The number of hydrogen-bond donors (Lipinski definition) is 1. The molecule has 0 saturated heterocycles. The second kappa shape index (κ2) is 4.00. The van der Waals surface area contributed by atoms with Crippen LogP contribution in [0, 0.1) is 6.92 Å². The van der Waals surface area contributed by atoms with E-state index in [9.17, 15) is 4.79 Å². The first-order chi connectivity index (χ1) is 6.45. The van der Waals surface area contributed by atoms with Gasteiger partial charge in [0.05, 0.1) is 5.69 Å². The fraction of sp³-hybridized carbons (Fsp3) is 0.500. The molecule has 0 fully saturated rings. The minimum Gasteiger partial charge on any atom is -0.396 e. The third-order valence-electron chi connectivity index (χ3n) is 2.08. The SMILES string of the molecule is CC(=O)N(c1scc(C)c1N)C(C)C. The monoisotopic (exact) mass is 212 g/mol. The Bertz CT molecular complexity index is 344. The number of carbonyl (C=O) groups excluding carboxylic acids is 1. The standard InChI is InChI=1S/C10H16N2OS/c1-6(2)12(8(4)13)10-9(11)7(3)5-14-10/h5-6H,11H2,1-4H3. The largest absolute Gasteiger partial charge is 0.396 e. The highest BCUT2D eigenvalue weighted by Crippen LogP contribution is 2.34. The smallest absolute Gasteiger partial charge is 0.224 e. The Morgan fingerprint density at radius 2 is 2.14 bits per heavy atom. The van der Waals surface area contributed by atoms with Crippen molar-refractivity contribution in [3.63, 3.8) is 0 Å². The molecule has 78 valence electrons. The fourth-order valence-electron chi connectivity index (χ4n) is 1.37. The van der Waals surface area contributed by atoms with Gasteiger partial charge < -0.3 is 5.73 Å². The molecular formula is C10H16N2OS. The topological polar surface area (TPSA) is 46.3 Å². The molecule has 0 aliphatic carbocycles. The molecule has 0 saturated carbocycles. The molecule has 0 spiro atoms. The van der Waals surface area contributed by atoms with Gasteiger partial charge in [-0.25, -0.2) is 0 Å². The summed E-state index contributed by atoms with van der Waals surface area (Å²) < 4.78 is 0. The number of amides is 1. The van der Waals surface area contributed by atoms with Gasteiger partial charge in [0.25, 0.3) is 0 Å². The van der Waals surface area contributed by atoms with Crippen LogP contribution in [0.3, 0.4) is 0 Å². The zero-order valence-corrected chi connectivity index (χ0v) is 9.81. The fourth-order valence-corrected chi connectivity index (χ4v) is 2.52. The summed E-state index contributed by atoms with van der Waals surface area (Å²) >= 11 is 1.52. The zero-order valence-electron chi connectivity index (χ0n) is 9.00. The summed E-state index contributed by atoms with van der Waals surface area (Å²) in [4.78, 5) is 13.2. The third kappa shape index (κ3) is 1.90. The molecule has 0 radical (unpaired) electrons. The van der Waals surface area contributed by atoms with E-state index in [1.807, 2.05) is 26.2 Å². The number of hydrogen-bond acceptors (Lipinski definition) is 3. The molecule has 0 atom stereocenters. The highest BCUT2D eigenvalue weighted by molar-refractivity contribution is 7.15. The first kappa shape index (κ1) is 11.0. The normalized spacial score (nSPS) is 10.6. The summed E-state index contributed by atoms with van der Waals surface area (Å²) in [7, 11) is 0. The highest BCUT2D eigenvalue weighted by atomic mass is 32.1. The third-order valence-corrected chi connectivity index (χ3v) is 3.19. The van der Waals surface area contributed by atoms with E-state index in [2.05, 4.69) is 0 Å². The first-order valence-electron chi connectivity index (χ1n) is 4.58. The van der Waals surface area contributed by atoms with Gasteiger partial charge in [-0.3, -0.25) is 9.69 Å². The molecule has 1 aromatic rings. The van der Waals surface area contributed by atoms with Crippen LogP contribution in [0.4, 0.5) is 10.7 Å². The Kier molecular flexibility index (Phi) is 3.16. The molecular weight excluding hydrogens is 196 g/mol. The maximum absolute atomic E-state index is 11.4. The van der Waals surface area contributed by atoms with Crippen LogP contribution in [0.15, 0.2) is 5.38 Å². The van der Waals surface area contributed by atoms with Crippen molar-refractivity contribution in [3.8, 4) is 0 Å². The van der Waals surface area contributed by atoms with Crippen LogP contribution in [-0.2, 0) is 4.79 Å². The molecule has 1 rings (SSSR count). The molecule has 2 N–H and O–H groups in total. The van der Waals surface area contributed by atoms with Crippen LogP contribution in [-0.4, -0.2) is 11.9 Å². The first-order valence-corrected chi connectivity index (χ1v) is 5.46. The van der Waals surface area contributed by atoms with E-state index in [1.165, 1.54) is 11.3 Å². The summed E-state index contributed by atoms with van der Waals surface area (Å²) in [5, 5.41) is 2.84. The van der Waals surface area contributed by atoms with E-state index in [0.29, 0.717) is 0 Å². The van der Waals surface area contributed by atoms with Gasteiger partial charge in [-0.2, -0.15) is 0 Å². The van der Waals surface area contributed by atoms with Crippen LogP contribution in [0.25, 0.3) is 0 Å². The molecule has 4 heteroatoms. The molecule has 1 aromatic heterocycles. The van der Waals surface area contributed by atoms with Crippen molar-refractivity contribution in [1.29, 1.82) is 0 Å². The van der Waals surface area contributed by atoms with Crippen molar-refractivity contribution in [2.75, 3.05) is 10.6 Å². The lowest BCUT2D eigenvalue weighted by Gasteiger charge is -2.24. The Labute approximate surface area is 88.5 Å². The Morgan fingerprint density at radius 3 is 2.43 bits per heavy atom. The Hall–Kier alpha value is -1.03. The van der Waals surface area contributed by atoms with Crippen molar-refractivity contribution >= 4 is 27.9 Å². The minimum atomic E-state index is 0.0357. The Balaban J connectivity index is 3.12. The summed E-state index contributed by atoms with van der Waals surface area (Å²) in [6.45, 7) is 7.48. The number of nitrogens with zero attached hydrogens (tertiary/aromatic N) is 1. The summed E-state index contributed by atoms with van der Waals surface area (Å²) in [5.74, 6) is 0.0357. The van der Waals surface area contributed by atoms with Crippen molar-refractivity contribution in [2.24, 2.45) is 0 Å². The zero-order chi connectivity index (χ0) is 10.9. The molecule has 14 heavy (non-hydrogen) atoms. The van der Waals surface area contributed by atoms with E-state index < -0.39 is 0 Å². The van der Waals surface area contributed by atoms with Gasteiger partial charge in [0.15, 0.2) is 0 Å². The van der Waals surface area contributed by atoms with Gasteiger partial charge in [0.1, 0.15) is 5.00 Å². The van der Waals surface area contributed by atoms with Gasteiger partial charge in [0, 0.05) is 13.0 Å². The molecule has 0 aliphatic rings. The quantitative estimate of drug-likeness (QED) is 0.818. The van der Waals surface area contributed by atoms with Crippen molar-refractivity contribution in [2.45, 2.75) is 33.7 Å². The number of nitrogens with two attached hydrogens (primary N) is 1. The van der Waals surface area contributed by atoms with Gasteiger partial charge in [-0.15, -0.1) is 11.3 Å². The number of nitrogen functional groups attached to an aromatic ring is 1. The number of thiophene rings is 1. The summed E-state index contributed by atoms with van der Waals surface area (Å²) in [6.07, 6.45) is 0. The van der Waals surface area contributed by atoms with Crippen LogP contribution < -0.4 is 10.6 Å². The number of rotatable bonds is 2. The average molecular weight is 212 g/mol. The van der Waals surface area contributed by atoms with Crippen LogP contribution in [0.1, 0.15) is 26.3 Å².